The molecule has 0 amide bonds. The van der Waals surface area contributed by atoms with Gasteiger partial charge in [-0.1, -0.05) is 0 Å². The van der Waals surface area contributed by atoms with Gasteiger partial charge in [-0.05, 0) is 18.2 Å². The summed E-state index contributed by atoms with van der Waals surface area (Å²) in [4.78, 5) is 8.76. The predicted molar refractivity (Wildman–Crippen MR) is 52.9 cm³/mol. The molecular formula is C11H10N2O. The minimum atomic E-state index is 0.688. The van der Waals surface area contributed by atoms with E-state index in [0.717, 1.165) is 29.8 Å². The quantitative estimate of drug-likeness (QED) is 0.628. The molecule has 3 heterocycles. The van der Waals surface area contributed by atoms with E-state index >= 15 is 0 Å². The third kappa shape index (κ3) is 1.17. The van der Waals surface area contributed by atoms with Gasteiger partial charge in [0.15, 0.2) is 5.65 Å². The van der Waals surface area contributed by atoms with Crippen LogP contribution in [-0.2, 0) is 17.8 Å². The molecule has 0 bridgehead atoms. The number of ether oxygens (including phenoxy) is 1. The maximum absolute atomic E-state index is 5.38. The van der Waals surface area contributed by atoms with Gasteiger partial charge in [-0.25, -0.2) is 9.97 Å². The number of nitrogens with zero attached hydrogens (tertiary/aromatic N) is 2. The largest absolute Gasteiger partial charge is 0.376 e. The highest BCUT2D eigenvalue weighted by Gasteiger charge is 2.11. The first-order chi connectivity index (χ1) is 6.93. The van der Waals surface area contributed by atoms with Crippen LogP contribution < -0.4 is 0 Å². The Morgan fingerprint density at radius 3 is 3.36 bits per heavy atom. The Hall–Kier alpha value is -1.48. The first-order valence-corrected chi connectivity index (χ1v) is 4.75. The molecule has 3 nitrogen and oxygen atoms in total. The zero-order valence-electron chi connectivity index (χ0n) is 7.73. The Morgan fingerprint density at radius 2 is 2.36 bits per heavy atom. The first-order valence-electron chi connectivity index (χ1n) is 4.75. The van der Waals surface area contributed by atoms with Crippen molar-refractivity contribution in [3.8, 4) is 0 Å². The number of pyridine rings is 2. The minimum Gasteiger partial charge on any atom is -0.376 e. The number of hydrogen-bond acceptors (Lipinski definition) is 3. The predicted octanol–water partition coefficient (Wildman–Crippen LogP) is 1.70. The van der Waals surface area contributed by atoms with Crippen LogP contribution in [0.3, 0.4) is 0 Å². The summed E-state index contributed by atoms with van der Waals surface area (Å²) in [6.07, 6.45) is 2.68. The average molecular weight is 186 g/mol. The summed E-state index contributed by atoms with van der Waals surface area (Å²) in [5.41, 5.74) is 3.19. The van der Waals surface area contributed by atoms with E-state index in [1.807, 2.05) is 12.1 Å². The topological polar surface area (TPSA) is 35.0 Å². The molecule has 14 heavy (non-hydrogen) atoms. The lowest BCUT2D eigenvalue weighted by atomic mass is 10.1. The van der Waals surface area contributed by atoms with Gasteiger partial charge in [-0.15, -0.1) is 0 Å². The van der Waals surface area contributed by atoms with Crippen LogP contribution in [0.5, 0.6) is 0 Å². The lowest BCUT2D eigenvalue weighted by Gasteiger charge is -2.15. The monoisotopic (exact) mass is 186 g/mol. The third-order valence-electron chi connectivity index (χ3n) is 2.50. The fourth-order valence-corrected chi connectivity index (χ4v) is 1.78. The van der Waals surface area contributed by atoms with Crippen molar-refractivity contribution >= 4 is 11.0 Å². The van der Waals surface area contributed by atoms with Gasteiger partial charge in [0.25, 0.3) is 0 Å². The van der Waals surface area contributed by atoms with Crippen molar-refractivity contribution in [1.82, 2.24) is 9.97 Å². The molecule has 70 valence electrons. The fraction of sp³-hybridized carbons (Fsp3) is 0.273. The van der Waals surface area contributed by atoms with Crippen molar-refractivity contribution in [2.45, 2.75) is 13.0 Å². The molecule has 0 saturated carbocycles. The maximum Gasteiger partial charge on any atom is 0.159 e. The molecule has 0 spiro atoms. The van der Waals surface area contributed by atoms with Crippen LogP contribution in [0.15, 0.2) is 24.4 Å². The average Bonchev–Trinajstić information content (AvgIpc) is 2.26. The lowest BCUT2D eigenvalue weighted by Crippen LogP contribution is -2.11. The molecule has 0 aromatic carbocycles. The zero-order valence-corrected chi connectivity index (χ0v) is 7.73. The van der Waals surface area contributed by atoms with Gasteiger partial charge in [0, 0.05) is 23.6 Å². The van der Waals surface area contributed by atoms with Crippen molar-refractivity contribution in [3.05, 3.63) is 35.7 Å². The SMILES string of the molecule is c1cnc2nc3c(cc2c1)COCC3. The molecule has 0 aliphatic carbocycles. The van der Waals surface area contributed by atoms with E-state index in [1.54, 1.807) is 6.20 Å². The molecule has 1 aliphatic heterocycles. The molecule has 0 saturated heterocycles. The van der Waals surface area contributed by atoms with Gasteiger partial charge in [0.2, 0.25) is 0 Å². The standard InChI is InChI=1S/C11H10N2O/c1-2-8-6-9-7-14-5-3-10(9)13-11(8)12-4-1/h1-2,4,6H,3,5,7H2. The second kappa shape index (κ2) is 3.03. The molecule has 3 heteroatoms. The fourth-order valence-electron chi connectivity index (χ4n) is 1.78. The van der Waals surface area contributed by atoms with Gasteiger partial charge in [0.05, 0.1) is 18.9 Å². The number of fused-ring (bicyclic) bond motifs is 2. The normalized spacial score (nSPS) is 15.4. The number of hydrogen-bond donors (Lipinski definition) is 0. The molecule has 1 aliphatic rings. The van der Waals surface area contributed by atoms with E-state index < -0.39 is 0 Å². The Balaban J connectivity index is 2.27. The first kappa shape index (κ1) is 7.88. The van der Waals surface area contributed by atoms with E-state index in [9.17, 15) is 0 Å². The van der Waals surface area contributed by atoms with Gasteiger partial charge in [0.1, 0.15) is 0 Å². The van der Waals surface area contributed by atoms with E-state index in [4.69, 9.17) is 4.74 Å². The molecule has 2 aromatic rings. The van der Waals surface area contributed by atoms with Crippen LogP contribution in [0.1, 0.15) is 11.3 Å². The van der Waals surface area contributed by atoms with E-state index in [1.165, 1.54) is 5.56 Å². The second-order valence-electron chi connectivity index (χ2n) is 3.45. The Bertz CT molecular complexity index is 437. The summed E-state index contributed by atoms with van der Waals surface area (Å²) >= 11 is 0. The maximum atomic E-state index is 5.38. The Kier molecular flexibility index (Phi) is 1.70. The van der Waals surface area contributed by atoms with Crippen molar-refractivity contribution in [2.24, 2.45) is 0 Å². The highest BCUT2D eigenvalue weighted by molar-refractivity contribution is 5.75. The van der Waals surface area contributed by atoms with Crippen molar-refractivity contribution in [2.75, 3.05) is 6.61 Å². The van der Waals surface area contributed by atoms with Crippen LogP contribution in [0.2, 0.25) is 0 Å². The van der Waals surface area contributed by atoms with Crippen molar-refractivity contribution in [3.63, 3.8) is 0 Å². The summed E-state index contributed by atoms with van der Waals surface area (Å²) < 4.78 is 5.38. The number of aromatic nitrogens is 2. The highest BCUT2D eigenvalue weighted by Crippen LogP contribution is 2.19. The van der Waals surface area contributed by atoms with Gasteiger partial charge >= 0.3 is 0 Å². The van der Waals surface area contributed by atoms with Crippen LogP contribution in [0.4, 0.5) is 0 Å². The van der Waals surface area contributed by atoms with E-state index in [2.05, 4.69) is 16.0 Å². The van der Waals surface area contributed by atoms with E-state index in [-0.39, 0.29) is 0 Å². The zero-order chi connectivity index (χ0) is 9.38. The molecule has 3 rings (SSSR count). The van der Waals surface area contributed by atoms with Crippen LogP contribution >= 0.6 is 0 Å². The summed E-state index contributed by atoms with van der Waals surface area (Å²) in [7, 11) is 0. The summed E-state index contributed by atoms with van der Waals surface area (Å²) in [5.74, 6) is 0. The molecule has 0 unspecified atom stereocenters. The summed E-state index contributed by atoms with van der Waals surface area (Å²) in [6, 6.07) is 6.09. The molecule has 0 fully saturated rings. The lowest BCUT2D eigenvalue weighted by molar-refractivity contribution is 0.109. The molecule has 0 N–H and O–H groups in total. The van der Waals surface area contributed by atoms with Crippen molar-refractivity contribution < 1.29 is 4.74 Å². The minimum absolute atomic E-state index is 0.688. The van der Waals surface area contributed by atoms with E-state index in [0.29, 0.717) is 6.61 Å². The van der Waals surface area contributed by atoms with Gasteiger partial charge in [-0.2, -0.15) is 0 Å². The Morgan fingerprint density at radius 1 is 1.36 bits per heavy atom. The van der Waals surface area contributed by atoms with Crippen LogP contribution in [-0.4, -0.2) is 16.6 Å². The van der Waals surface area contributed by atoms with Crippen molar-refractivity contribution in [1.29, 1.82) is 0 Å². The second-order valence-corrected chi connectivity index (χ2v) is 3.45. The van der Waals surface area contributed by atoms with Crippen LogP contribution in [0, 0.1) is 0 Å². The van der Waals surface area contributed by atoms with Gasteiger partial charge in [-0.3, -0.25) is 0 Å². The third-order valence-corrected chi connectivity index (χ3v) is 2.50. The summed E-state index contributed by atoms with van der Waals surface area (Å²) in [6.45, 7) is 1.46. The summed E-state index contributed by atoms with van der Waals surface area (Å²) in [5, 5.41) is 1.09. The molecule has 0 atom stereocenters. The van der Waals surface area contributed by atoms with Crippen LogP contribution in [0.25, 0.3) is 11.0 Å². The van der Waals surface area contributed by atoms with Gasteiger partial charge < -0.3 is 4.74 Å². The highest BCUT2D eigenvalue weighted by atomic mass is 16.5. The Labute approximate surface area is 81.8 Å². The number of rotatable bonds is 0. The molecule has 0 radical (unpaired) electrons. The molecule has 2 aromatic heterocycles. The smallest absolute Gasteiger partial charge is 0.159 e. The molecular weight excluding hydrogens is 176 g/mol.